The Morgan fingerprint density at radius 2 is 1.81 bits per heavy atom. The summed E-state index contributed by atoms with van der Waals surface area (Å²) in [6.45, 7) is 7.76. The van der Waals surface area contributed by atoms with Crippen molar-refractivity contribution in [2.45, 2.75) is 82.9 Å². The number of hydrogen-bond donors (Lipinski definition) is 2. The lowest BCUT2D eigenvalue weighted by Crippen LogP contribution is -2.60. The van der Waals surface area contributed by atoms with Crippen LogP contribution in [-0.2, 0) is 28.7 Å². The molecule has 0 saturated carbocycles. The summed E-state index contributed by atoms with van der Waals surface area (Å²) in [5, 5.41) is 13.4. The van der Waals surface area contributed by atoms with Crippen LogP contribution in [0.5, 0.6) is 0 Å². The van der Waals surface area contributed by atoms with Crippen molar-refractivity contribution in [3.05, 3.63) is 60.2 Å². The van der Waals surface area contributed by atoms with Gasteiger partial charge in [0.05, 0.1) is 31.2 Å². The summed E-state index contributed by atoms with van der Waals surface area (Å²) in [7, 11) is 0. The van der Waals surface area contributed by atoms with E-state index in [2.05, 4.69) is 5.32 Å². The molecule has 3 amide bonds. The highest BCUT2D eigenvalue weighted by Crippen LogP contribution is 2.56. The fourth-order valence-corrected chi connectivity index (χ4v) is 6.97. The zero-order chi connectivity index (χ0) is 30.9. The fraction of sp³-hybridized carbons (Fsp3) is 0.576. The molecule has 2 saturated heterocycles. The number of hydrogen-bond acceptors (Lipinski definition) is 7. The first-order valence-corrected chi connectivity index (χ1v) is 15.4. The molecule has 1 aromatic carbocycles. The molecule has 10 heteroatoms. The van der Waals surface area contributed by atoms with Gasteiger partial charge in [0.15, 0.2) is 0 Å². The zero-order valence-corrected chi connectivity index (χ0v) is 25.3. The van der Waals surface area contributed by atoms with Crippen LogP contribution in [0.25, 0.3) is 0 Å². The molecule has 4 aliphatic rings. The second-order valence-electron chi connectivity index (χ2n) is 12.3. The Morgan fingerprint density at radius 3 is 2.49 bits per heavy atom. The lowest BCUT2D eigenvalue weighted by Gasteiger charge is -2.41. The van der Waals surface area contributed by atoms with Gasteiger partial charge >= 0.3 is 5.97 Å². The first-order chi connectivity index (χ1) is 20.6. The largest absolute Gasteiger partial charge is 0.455 e. The normalized spacial score (nSPS) is 33.4. The molecule has 43 heavy (non-hydrogen) atoms. The zero-order valence-electron chi connectivity index (χ0n) is 25.3. The van der Waals surface area contributed by atoms with E-state index in [4.69, 9.17) is 9.47 Å². The number of ether oxygens (including phenoxy) is 2. The number of aliphatic hydroxyl groups excluding tert-OH is 1. The maximum absolute atomic E-state index is 14.5. The molecule has 0 unspecified atom stereocenters. The van der Waals surface area contributed by atoms with Gasteiger partial charge in [-0.3, -0.25) is 19.2 Å². The van der Waals surface area contributed by atoms with Gasteiger partial charge in [0.1, 0.15) is 23.7 Å². The van der Waals surface area contributed by atoms with Crippen molar-refractivity contribution in [2.75, 3.05) is 19.7 Å². The second-order valence-corrected chi connectivity index (χ2v) is 12.3. The van der Waals surface area contributed by atoms with Gasteiger partial charge in [-0.1, -0.05) is 74.9 Å². The Labute approximate surface area is 253 Å². The van der Waals surface area contributed by atoms with Crippen molar-refractivity contribution in [2.24, 2.45) is 17.8 Å². The summed E-state index contributed by atoms with van der Waals surface area (Å²) in [5.41, 5.74) is -0.662. The monoisotopic (exact) mass is 593 g/mol. The summed E-state index contributed by atoms with van der Waals surface area (Å²) in [5.74, 6) is -3.59. The van der Waals surface area contributed by atoms with Gasteiger partial charge in [-0.15, -0.1) is 0 Å². The molecule has 5 rings (SSSR count). The van der Waals surface area contributed by atoms with Crippen molar-refractivity contribution in [1.82, 2.24) is 15.1 Å². The molecule has 0 radical (unpaired) electrons. The van der Waals surface area contributed by atoms with E-state index in [1.165, 1.54) is 4.90 Å². The van der Waals surface area contributed by atoms with Crippen LogP contribution in [0.2, 0.25) is 0 Å². The number of aliphatic hydroxyl groups is 1. The summed E-state index contributed by atoms with van der Waals surface area (Å²) in [4.78, 5) is 58.9. The van der Waals surface area contributed by atoms with Crippen molar-refractivity contribution in [3.63, 3.8) is 0 Å². The van der Waals surface area contributed by atoms with Crippen molar-refractivity contribution < 1.29 is 33.8 Å². The summed E-state index contributed by atoms with van der Waals surface area (Å²) in [6.07, 6.45) is 7.13. The van der Waals surface area contributed by atoms with Crippen LogP contribution in [0, 0.1) is 17.8 Å². The highest BCUT2D eigenvalue weighted by atomic mass is 16.6. The van der Waals surface area contributed by atoms with E-state index in [9.17, 15) is 24.3 Å². The third-order valence-electron chi connectivity index (χ3n) is 9.49. The molecule has 0 aliphatic carbocycles. The Hall–Kier alpha value is -3.50. The third-order valence-corrected chi connectivity index (χ3v) is 9.49. The minimum Gasteiger partial charge on any atom is -0.455 e. The van der Waals surface area contributed by atoms with Gasteiger partial charge < -0.3 is 29.7 Å². The summed E-state index contributed by atoms with van der Waals surface area (Å²) >= 11 is 0. The lowest BCUT2D eigenvalue weighted by atomic mass is 9.74. The van der Waals surface area contributed by atoms with Crippen LogP contribution in [0.1, 0.15) is 58.6 Å². The molecule has 2 fully saturated rings. The average Bonchev–Trinajstić information content (AvgIpc) is 3.64. The maximum atomic E-state index is 14.5. The molecule has 232 valence electrons. The Morgan fingerprint density at radius 1 is 1.07 bits per heavy atom. The van der Waals surface area contributed by atoms with Gasteiger partial charge in [0.25, 0.3) is 0 Å². The van der Waals surface area contributed by atoms with E-state index in [1.54, 1.807) is 17.1 Å². The SMILES string of the molecule is CC[C@H](C)[C@H](CO)N1C(=O)[C@@H]2[C@H]3C(=O)O[C@@H](c4ccccc4)CNC(=O)CC/C=C\CN(C(C)C)C(=O)[C@@H]1[C@]21C=C[C@H]3O1. The Kier molecular flexibility index (Phi) is 9.08. The van der Waals surface area contributed by atoms with Gasteiger partial charge in [-0.25, -0.2) is 0 Å². The molecule has 0 aromatic heterocycles. The molecule has 1 aromatic rings. The molecule has 10 nitrogen and oxygen atoms in total. The highest BCUT2D eigenvalue weighted by Gasteiger charge is 2.74. The maximum Gasteiger partial charge on any atom is 0.313 e. The number of nitrogens with zero attached hydrogens (tertiary/aromatic N) is 2. The average molecular weight is 594 g/mol. The van der Waals surface area contributed by atoms with E-state index in [-0.39, 0.29) is 49.9 Å². The topological polar surface area (TPSA) is 125 Å². The number of allylic oxidation sites excluding steroid dienone is 1. The van der Waals surface area contributed by atoms with Gasteiger partial charge in [0, 0.05) is 19.0 Å². The van der Waals surface area contributed by atoms with Crippen LogP contribution in [-0.4, -0.2) is 88.1 Å². The van der Waals surface area contributed by atoms with Crippen molar-refractivity contribution in [1.29, 1.82) is 0 Å². The van der Waals surface area contributed by atoms with E-state index < -0.39 is 53.6 Å². The first-order valence-electron chi connectivity index (χ1n) is 15.4. The van der Waals surface area contributed by atoms with Crippen LogP contribution in [0.15, 0.2) is 54.6 Å². The van der Waals surface area contributed by atoms with Crippen molar-refractivity contribution >= 4 is 23.7 Å². The van der Waals surface area contributed by atoms with E-state index in [1.807, 2.05) is 70.2 Å². The number of rotatable bonds is 6. The van der Waals surface area contributed by atoms with E-state index in [0.717, 1.165) is 0 Å². The quantitative estimate of drug-likeness (QED) is 0.384. The van der Waals surface area contributed by atoms with Crippen LogP contribution in [0.4, 0.5) is 0 Å². The van der Waals surface area contributed by atoms with Crippen LogP contribution in [0.3, 0.4) is 0 Å². The molecule has 8 atom stereocenters. The first kappa shape index (κ1) is 30.9. The number of esters is 1. The van der Waals surface area contributed by atoms with E-state index >= 15 is 0 Å². The number of benzene rings is 1. The minimum atomic E-state index is -1.37. The number of nitrogens with one attached hydrogen (secondary N) is 1. The van der Waals surface area contributed by atoms with E-state index in [0.29, 0.717) is 18.4 Å². The number of amides is 3. The third kappa shape index (κ3) is 5.51. The Bertz CT molecular complexity index is 1280. The molecular weight excluding hydrogens is 550 g/mol. The number of cyclic esters (lactones) is 1. The molecule has 4 heterocycles. The number of likely N-dealkylation sites (tertiary alicyclic amines) is 1. The summed E-state index contributed by atoms with van der Waals surface area (Å²) in [6, 6.07) is 7.25. The predicted octanol–water partition coefficient (Wildman–Crippen LogP) is 2.53. The minimum absolute atomic E-state index is 0.0745. The smallest absolute Gasteiger partial charge is 0.313 e. The highest BCUT2D eigenvalue weighted by molar-refractivity contribution is 5.99. The Balaban J connectivity index is 1.60. The lowest BCUT2D eigenvalue weighted by molar-refractivity contribution is -0.161. The number of carbonyl (C=O) groups is 4. The standard InChI is InChI=1S/C33H43N3O7/c1-5-21(4)23(19-37)36-29-31(40)35(20(2)3)17-11-7-10-14-26(38)34-18-25(22-12-8-6-9-13-22)42-32(41)27-24-15-16-33(29,43-24)28(27)30(36)39/h6-9,11-13,15-16,20-21,23-25,27-29,37H,5,10,14,17-19H2,1-4H3,(H,34,38)/b11-7-/t21-,23-,24+,25+,27-,28-,29+,33-/m0/s1. The fourth-order valence-electron chi connectivity index (χ4n) is 6.97. The van der Waals surface area contributed by atoms with Crippen LogP contribution < -0.4 is 5.32 Å². The number of carbonyl (C=O) groups excluding carboxylic acids is 4. The van der Waals surface area contributed by atoms with Gasteiger partial charge in [0.2, 0.25) is 17.7 Å². The van der Waals surface area contributed by atoms with Gasteiger partial charge in [-0.2, -0.15) is 0 Å². The summed E-state index contributed by atoms with van der Waals surface area (Å²) < 4.78 is 12.6. The molecular formula is C33H43N3O7. The molecule has 2 N–H and O–H groups in total. The molecule has 4 aliphatic heterocycles. The van der Waals surface area contributed by atoms with Gasteiger partial charge in [-0.05, 0) is 31.7 Å². The second kappa shape index (κ2) is 12.6. The van der Waals surface area contributed by atoms with Crippen molar-refractivity contribution in [3.8, 4) is 0 Å². The molecule has 1 spiro atoms. The number of fused-ring (bicyclic) bond motifs is 2. The predicted molar refractivity (Wildman–Crippen MR) is 158 cm³/mol. The molecule has 5 bridgehead atoms. The van der Waals surface area contributed by atoms with Crippen LogP contribution >= 0.6 is 0 Å².